The number of hydrogen-bond donors (Lipinski definition) is 3. The maximum Gasteiger partial charge on any atom is 0.323 e. The SMILES string of the molecule is N#Cc1cccc(Nc2ccc(NC(=O)Nc3ccccc3)cc2)c1. The zero-order valence-electron chi connectivity index (χ0n) is 13.4. The molecule has 0 aliphatic rings. The average Bonchev–Trinajstić information content (AvgIpc) is 2.64. The molecular weight excluding hydrogens is 312 g/mol. The number of nitrogens with zero attached hydrogens (tertiary/aromatic N) is 1. The molecule has 0 heterocycles. The number of carbonyl (C=O) groups is 1. The third-order valence-corrected chi connectivity index (χ3v) is 3.45. The lowest BCUT2D eigenvalue weighted by Gasteiger charge is -2.10. The van der Waals surface area contributed by atoms with E-state index in [1.165, 1.54) is 0 Å². The molecule has 3 N–H and O–H groups in total. The molecule has 0 unspecified atom stereocenters. The first-order valence-electron chi connectivity index (χ1n) is 7.73. The van der Waals surface area contributed by atoms with Crippen LogP contribution in [0.2, 0.25) is 0 Å². The highest BCUT2D eigenvalue weighted by molar-refractivity contribution is 5.99. The van der Waals surface area contributed by atoms with Gasteiger partial charge in [-0.15, -0.1) is 0 Å². The number of benzene rings is 3. The Morgan fingerprint density at radius 2 is 1.32 bits per heavy atom. The minimum absolute atomic E-state index is 0.298. The fourth-order valence-electron chi connectivity index (χ4n) is 2.28. The molecule has 0 spiro atoms. The van der Waals surface area contributed by atoms with Crippen LogP contribution in [0.3, 0.4) is 0 Å². The average molecular weight is 328 g/mol. The van der Waals surface area contributed by atoms with Gasteiger partial charge >= 0.3 is 6.03 Å². The Morgan fingerprint density at radius 1 is 0.720 bits per heavy atom. The van der Waals surface area contributed by atoms with Crippen LogP contribution in [-0.4, -0.2) is 6.03 Å². The molecule has 122 valence electrons. The second-order valence-corrected chi connectivity index (χ2v) is 5.34. The van der Waals surface area contributed by atoms with Crippen molar-refractivity contribution in [2.45, 2.75) is 0 Å². The molecule has 0 radical (unpaired) electrons. The molecule has 25 heavy (non-hydrogen) atoms. The van der Waals surface area contributed by atoms with Gasteiger partial charge in [0.2, 0.25) is 0 Å². The van der Waals surface area contributed by atoms with Crippen LogP contribution in [0.15, 0.2) is 78.9 Å². The van der Waals surface area contributed by atoms with Gasteiger partial charge in [-0.1, -0.05) is 24.3 Å². The first-order chi connectivity index (χ1) is 12.2. The zero-order valence-corrected chi connectivity index (χ0v) is 13.4. The molecule has 0 atom stereocenters. The number of para-hydroxylation sites is 1. The third-order valence-electron chi connectivity index (χ3n) is 3.45. The first kappa shape index (κ1) is 16.1. The van der Waals surface area contributed by atoms with Crippen LogP contribution in [0.25, 0.3) is 0 Å². The second kappa shape index (κ2) is 7.66. The van der Waals surface area contributed by atoms with Crippen molar-refractivity contribution >= 4 is 28.8 Å². The predicted octanol–water partition coefficient (Wildman–Crippen LogP) is 4.95. The molecule has 0 aromatic heterocycles. The lowest BCUT2D eigenvalue weighted by Crippen LogP contribution is -2.19. The molecule has 0 aliphatic heterocycles. The van der Waals surface area contributed by atoms with Gasteiger partial charge in [0.05, 0.1) is 11.6 Å². The summed E-state index contributed by atoms with van der Waals surface area (Å²) in [6.07, 6.45) is 0. The smallest absolute Gasteiger partial charge is 0.323 e. The van der Waals surface area contributed by atoms with E-state index in [1.807, 2.05) is 54.6 Å². The molecule has 0 saturated heterocycles. The molecule has 3 aromatic carbocycles. The number of carbonyl (C=O) groups excluding carboxylic acids is 1. The summed E-state index contributed by atoms with van der Waals surface area (Å²) in [6.45, 7) is 0. The summed E-state index contributed by atoms with van der Waals surface area (Å²) in [6, 6.07) is 25.6. The van der Waals surface area contributed by atoms with Crippen molar-refractivity contribution in [3.8, 4) is 6.07 Å². The highest BCUT2D eigenvalue weighted by Crippen LogP contribution is 2.20. The lowest BCUT2D eigenvalue weighted by molar-refractivity contribution is 0.262. The van der Waals surface area contributed by atoms with Crippen molar-refractivity contribution < 1.29 is 4.79 Å². The molecule has 3 aromatic rings. The molecule has 0 bridgehead atoms. The Labute approximate surface area is 145 Å². The molecular formula is C20H16N4O. The molecule has 0 fully saturated rings. The van der Waals surface area contributed by atoms with E-state index in [0.717, 1.165) is 17.1 Å². The van der Waals surface area contributed by atoms with E-state index in [4.69, 9.17) is 5.26 Å². The Bertz CT molecular complexity index is 899. The Balaban J connectivity index is 1.60. The van der Waals surface area contributed by atoms with Crippen molar-refractivity contribution in [1.82, 2.24) is 0 Å². The van der Waals surface area contributed by atoms with Gasteiger partial charge in [0.15, 0.2) is 0 Å². The van der Waals surface area contributed by atoms with Crippen LogP contribution in [0.5, 0.6) is 0 Å². The summed E-state index contributed by atoms with van der Waals surface area (Å²) in [5, 5.41) is 17.7. The van der Waals surface area contributed by atoms with E-state index in [-0.39, 0.29) is 6.03 Å². The second-order valence-electron chi connectivity index (χ2n) is 5.34. The highest BCUT2D eigenvalue weighted by Gasteiger charge is 2.03. The van der Waals surface area contributed by atoms with E-state index < -0.39 is 0 Å². The molecule has 0 aliphatic carbocycles. The summed E-state index contributed by atoms with van der Waals surface area (Å²) in [5.74, 6) is 0. The molecule has 2 amide bonds. The highest BCUT2D eigenvalue weighted by atomic mass is 16.2. The Kier molecular flexibility index (Phi) is 4.93. The van der Waals surface area contributed by atoms with Gasteiger partial charge in [-0.2, -0.15) is 5.26 Å². The zero-order chi connectivity index (χ0) is 17.5. The van der Waals surface area contributed by atoms with Gasteiger partial charge < -0.3 is 16.0 Å². The fraction of sp³-hybridized carbons (Fsp3) is 0. The summed E-state index contributed by atoms with van der Waals surface area (Å²) < 4.78 is 0. The molecule has 5 heteroatoms. The monoisotopic (exact) mass is 328 g/mol. The minimum Gasteiger partial charge on any atom is -0.355 e. The number of urea groups is 1. The maximum absolute atomic E-state index is 12.0. The number of rotatable bonds is 4. The summed E-state index contributed by atoms with van der Waals surface area (Å²) >= 11 is 0. The molecule has 3 rings (SSSR count). The van der Waals surface area contributed by atoms with Crippen LogP contribution < -0.4 is 16.0 Å². The van der Waals surface area contributed by atoms with E-state index in [2.05, 4.69) is 22.0 Å². The summed E-state index contributed by atoms with van der Waals surface area (Å²) in [7, 11) is 0. The number of anilines is 4. The normalized spacial score (nSPS) is 9.72. The largest absolute Gasteiger partial charge is 0.355 e. The molecule has 5 nitrogen and oxygen atoms in total. The minimum atomic E-state index is -0.298. The fourth-order valence-corrected chi connectivity index (χ4v) is 2.28. The van der Waals surface area contributed by atoms with Crippen molar-refractivity contribution in [2.75, 3.05) is 16.0 Å². The van der Waals surface area contributed by atoms with Crippen molar-refractivity contribution in [3.63, 3.8) is 0 Å². The maximum atomic E-state index is 12.0. The number of amides is 2. The van der Waals surface area contributed by atoms with Gasteiger partial charge in [0.25, 0.3) is 0 Å². The number of nitrogens with one attached hydrogen (secondary N) is 3. The van der Waals surface area contributed by atoms with Crippen molar-refractivity contribution in [3.05, 3.63) is 84.4 Å². The van der Waals surface area contributed by atoms with E-state index in [9.17, 15) is 4.79 Å². The topological polar surface area (TPSA) is 77.0 Å². The summed E-state index contributed by atoms with van der Waals surface area (Å²) in [5.41, 5.74) is 3.71. The molecule has 0 saturated carbocycles. The van der Waals surface area contributed by atoms with E-state index in [0.29, 0.717) is 11.3 Å². The van der Waals surface area contributed by atoms with Gasteiger partial charge in [-0.3, -0.25) is 0 Å². The van der Waals surface area contributed by atoms with Gasteiger partial charge in [0.1, 0.15) is 0 Å². The third kappa shape index (κ3) is 4.60. The van der Waals surface area contributed by atoms with Crippen LogP contribution >= 0.6 is 0 Å². The number of hydrogen-bond acceptors (Lipinski definition) is 3. The van der Waals surface area contributed by atoms with Crippen LogP contribution in [-0.2, 0) is 0 Å². The van der Waals surface area contributed by atoms with Gasteiger partial charge in [-0.05, 0) is 54.6 Å². The standard InChI is InChI=1S/C20H16N4O/c21-14-15-5-4-8-19(13-15)22-17-9-11-18(12-10-17)24-20(25)23-16-6-2-1-3-7-16/h1-13,22H,(H2,23,24,25). The van der Waals surface area contributed by atoms with E-state index in [1.54, 1.807) is 24.3 Å². The van der Waals surface area contributed by atoms with Gasteiger partial charge in [0, 0.05) is 22.7 Å². The number of nitriles is 1. The quantitative estimate of drug-likeness (QED) is 0.634. The Morgan fingerprint density at radius 3 is 2.00 bits per heavy atom. The van der Waals surface area contributed by atoms with Crippen LogP contribution in [0.4, 0.5) is 27.5 Å². The van der Waals surface area contributed by atoms with Crippen molar-refractivity contribution in [1.29, 1.82) is 5.26 Å². The van der Waals surface area contributed by atoms with Crippen molar-refractivity contribution in [2.24, 2.45) is 0 Å². The van der Waals surface area contributed by atoms with Crippen LogP contribution in [0, 0.1) is 11.3 Å². The van der Waals surface area contributed by atoms with Crippen LogP contribution in [0.1, 0.15) is 5.56 Å². The predicted molar refractivity (Wildman–Crippen MR) is 100.0 cm³/mol. The van der Waals surface area contributed by atoms with Gasteiger partial charge in [-0.25, -0.2) is 4.79 Å². The summed E-state index contributed by atoms with van der Waals surface area (Å²) in [4.78, 5) is 12.0. The van der Waals surface area contributed by atoms with E-state index >= 15 is 0 Å². The Hall–Kier alpha value is -3.78. The lowest BCUT2D eigenvalue weighted by atomic mass is 10.2. The first-order valence-corrected chi connectivity index (χ1v) is 7.73.